The van der Waals surface area contributed by atoms with Crippen molar-refractivity contribution in [3.05, 3.63) is 48.0 Å². The first-order chi connectivity index (χ1) is 9.70. The molecule has 0 fully saturated rings. The summed E-state index contributed by atoms with van der Waals surface area (Å²) in [5.74, 6) is -0.0866. The second-order valence-electron chi connectivity index (χ2n) is 4.52. The molecule has 0 bridgehead atoms. The Kier molecular flexibility index (Phi) is 4.84. The van der Waals surface area contributed by atoms with Crippen molar-refractivity contribution in [3.8, 4) is 0 Å². The Labute approximate surface area is 117 Å². The normalized spacial score (nSPS) is 12.1. The summed E-state index contributed by atoms with van der Waals surface area (Å²) in [6.45, 7) is 2.87. The zero-order valence-corrected chi connectivity index (χ0v) is 11.6. The van der Waals surface area contributed by atoms with Crippen molar-refractivity contribution in [1.29, 1.82) is 0 Å². The topological polar surface area (TPSA) is 69.0 Å². The molecule has 0 unspecified atom stereocenters. The number of ether oxygens (including phenoxy) is 1. The number of amides is 1. The number of hydrogen-bond acceptors (Lipinski definition) is 4. The van der Waals surface area contributed by atoms with Gasteiger partial charge in [-0.3, -0.25) is 4.79 Å². The van der Waals surface area contributed by atoms with Crippen molar-refractivity contribution in [2.24, 2.45) is 0 Å². The average Bonchev–Trinajstić information content (AvgIpc) is 3.00. The van der Waals surface area contributed by atoms with Gasteiger partial charge < -0.3 is 10.1 Å². The van der Waals surface area contributed by atoms with E-state index in [-0.39, 0.29) is 11.9 Å². The Balaban J connectivity index is 1.86. The summed E-state index contributed by atoms with van der Waals surface area (Å²) in [5.41, 5.74) is 2.16. The molecule has 1 amide bonds. The molecule has 0 saturated carbocycles. The molecule has 2 aromatic rings. The summed E-state index contributed by atoms with van der Waals surface area (Å²) in [6, 6.07) is 7.58. The Morgan fingerprint density at radius 1 is 1.35 bits per heavy atom. The Hall–Kier alpha value is -2.21. The molecule has 0 aliphatic rings. The molecule has 1 aromatic carbocycles. The zero-order valence-electron chi connectivity index (χ0n) is 11.6. The molecule has 0 radical (unpaired) electrons. The first kappa shape index (κ1) is 14.2. The number of nitrogens with one attached hydrogen (secondary N) is 1. The van der Waals surface area contributed by atoms with E-state index in [0.717, 1.165) is 11.1 Å². The quantitative estimate of drug-likeness (QED) is 0.862. The fourth-order valence-electron chi connectivity index (χ4n) is 1.79. The standard InChI is InChI=1S/C14H18N4O2/c1-11(18-10-15-9-17-18)14(19)16-7-12-3-5-13(6-4-12)8-20-2/h3-6,9-11H,7-8H2,1-2H3,(H,16,19)/t11-/m0/s1. The number of rotatable bonds is 6. The first-order valence-corrected chi connectivity index (χ1v) is 6.39. The van der Waals surface area contributed by atoms with E-state index < -0.39 is 0 Å². The van der Waals surface area contributed by atoms with Gasteiger partial charge in [-0.05, 0) is 18.1 Å². The summed E-state index contributed by atoms with van der Waals surface area (Å²) < 4.78 is 6.58. The zero-order chi connectivity index (χ0) is 14.4. The predicted octanol–water partition coefficient (Wildman–Crippen LogP) is 1.30. The van der Waals surface area contributed by atoms with Crippen LogP contribution in [0.25, 0.3) is 0 Å². The Bertz CT molecular complexity index is 537. The average molecular weight is 274 g/mol. The van der Waals surface area contributed by atoms with Gasteiger partial charge in [0.1, 0.15) is 18.7 Å². The highest BCUT2D eigenvalue weighted by molar-refractivity contribution is 5.79. The van der Waals surface area contributed by atoms with Crippen molar-refractivity contribution >= 4 is 5.91 Å². The number of hydrogen-bond donors (Lipinski definition) is 1. The predicted molar refractivity (Wildman–Crippen MR) is 73.7 cm³/mol. The lowest BCUT2D eigenvalue weighted by atomic mass is 10.1. The summed E-state index contributed by atoms with van der Waals surface area (Å²) in [6.07, 6.45) is 2.95. The molecule has 106 valence electrons. The van der Waals surface area contributed by atoms with Crippen LogP contribution in [0.15, 0.2) is 36.9 Å². The molecule has 2 rings (SSSR count). The minimum atomic E-state index is -0.370. The molecule has 1 atom stereocenters. The fraction of sp³-hybridized carbons (Fsp3) is 0.357. The van der Waals surface area contributed by atoms with Gasteiger partial charge in [0.05, 0.1) is 6.61 Å². The molecule has 0 spiro atoms. The maximum absolute atomic E-state index is 12.0. The van der Waals surface area contributed by atoms with Crippen LogP contribution in [-0.4, -0.2) is 27.8 Å². The smallest absolute Gasteiger partial charge is 0.244 e. The third-order valence-corrected chi connectivity index (χ3v) is 3.01. The maximum atomic E-state index is 12.0. The number of carbonyl (C=O) groups is 1. The number of benzene rings is 1. The highest BCUT2D eigenvalue weighted by Crippen LogP contribution is 2.07. The number of aromatic nitrogens is 3. The van der Waals surface area contributed by atoms with Crippen LogP contribution in [0, 0.1) is 0 Å². The van der Waals surface area contributed by atoms with E-state index in [1.54, 1.807) is 14.0 Å². The minimum Gasteiger partial charge on any atom is -0.380 e. The van der Waals surface area contributed by atoms with Gasteiger partial charge in [-0.15, -0.1) is 0 Å². The third kappa shape index (κ3) is 3.64. The van der Waals surface area contributed by atoms with Crippen molar-refractivity contribution in [1.82, 2.24) is 20.1 Å². The van der Waals surface area contributed by atoms with Gasteiger partial charge in [0.2, 0.25) is 5.91 Å². The minimum absolute atomic E-state index is 0.0866. The van der Waals surface area contributed by atoms with Gasteiger partial charge in [0, 0.05) is 13.7 Å². The van der Waals surface area contributed by atoms with E-state index in [1.807, 2.05) is 24.3 Å². The number of methoxy groups -OCH3 is 1. The van der Waals surface area contributed by atoms with Gasteiger partial charge in [0.25, 0.3) is 0 Å². The lowest BCUT2D eigenvalue weighted by Crippen LogP contribution is -2.30. The van der Waals surface area contributed by atoms with Crippen LogP contribution in [0.2, 0.25) is 0 Å². The molecular formula is C14H18N4O2. The monoisotopic (exact) mass is 274 g/mol. The van der Waals surface area contributed by atoms with E-state index in [0.29, 0.717) is 13.2 Å². The van der Waals surface area contributed by atoms with Crippen LogP contribution >= 0.6 is 0 Å². The maximum Gasteiger partial charge on any atom is 0.244 e. The van der Waals surface area contributed by atoms with E-state index >= 15 is 0 Å². The second-order valence-corrected chi connectivity index (χ2v) is 4.52. The van der Waals surface area contributed by atoms with Gasteiger partial charge in [0.15, 0.2) is 0 Å². The van der Waals surface area contributed by atoms with Gasteiger partial charge >= 0.3 is 0 Å². The molecule has 6 nitrogen and oxygen atoms in total. The highest BCUT2D eigenvalue weighted by Gasteiger charge is 2.14. The summed E-state index contributed by atoms with van der Waals surface area (Å²) >= 11 is 0. The van der Waals surface area contributed by atoms with Crippen LogP contribution < -0.4 is 5.32 Å². The molecule has 0 saturated heterocycles. The Morgan fingerprint density at radius 2 is 2.05 bits per heavy atom. The van der Waals surface area contributed by atoms with Crippen molar-refractivity contribution < 1.29 is 9.53 Å². The van der Waals surface area contributed by atoms with E-state index in [1.165, 1.54) is 17.3 Å². The first-order valence-electron chi connectivity index (χ1n) is 6.39. The molecule has 6 heteroatoms. The number of nitrogens with zero attached hydrogens (tertiary/aromatic N) is 3. The van der Waals surface area contributed by atoms with E-state index in [9.17, 15) is 4.79 Å². The Morgan fingerprint density at radius 3 is 2.65 bits per heavy atom. The molecule has 1 aromatic heterocycles. The number of carbonyl (C=O) groups excluding carboxylic acids is 1. The van der Waals surface area contributed by atoms with Gasteiger partial charge in [-0.2, -0.15) is 5.10 Å². The van der Waals surface area contributed by atoms with Crippen molar-refractivity contribution in [2.75, 3.05) is 7.11 Å². The second kappa shape index (κ2) is 6.81. The SMILES string of the molecule is COCc1ccc(CNC(=O)[C@H](C)n2cncn2)cc1. The third-order valence-electron chi connectivity index (χ3n) is 3.01. The van der Waals surface area contributed by atoms with Crippen LogP contribution in [0.1, 0.15) is 24.1 Å². The highest BCUT2D eigenvalue weighted by atomic mass is 16.5. The lowest BCUT2D eigenvalue weighted by Gasteiger charge is -2.12. The van der Waals surface area contributed by atoms with Crippen LogP contribution in [0.4, 0.5) is 0 Å². The van der Waals surface area contributed by atoms with Crippen LogP contribution in [0.3, 0.4) is 0 Å². The van der Waals surface area contributed by atoms with Crippen LogP contribution in [0.5, 0.6) is 0 Å². The lowest BCUT2D eigenvalue weighted by molar-refractivity contribution is -0.124. The van der Waals surface area contributed by atoms with Gasteiger partial charge in [-0.1, -0.05) is 24.3 Å². The molecule has 0 aliphatic carbocycles. The summed E-state index contributed by atoms with van der Waals surface area (Å²) in [5, 5.41) is 6.83. The molecule has 20 heavy (non-hydrogen) atoms. The molecule has 1 N–H and O–H groups in total. The molecule has 1 heterocycles. The van der Waals surface area contributed by atoms with Crippen LogP contribution in [-0.2, 0) is 22.7 Å². The van der Waals surface area contributed by atoms with Crippen molar-refractivity contribution in [2.45, 2.75) is 26.1 Å². The summed E-state index contributed by atoms with van der Waals surface area (Å²) in [4.78, 5) is 15.8. The largest absolute Gasteiger partial charge is 0.380 e. The summed E-state index contributed by atoms with van der Waals surface area (Å²) in [7, 11) is 1.67. The fourth-order valence-corrected chi connectivity index (χ4v) is 1.79. The molecular weight excluding hydrogens is 256 g/mol. The molecule has 0 aliphatic heterocycles. The van der Waals surface area contributed by atoms with Gasteiger partial charge in [-0.25, -0.2) is 9.67 Å². The van der Waals surface area contributed by atoms with E-state index in [2.05, 4.69) is 15.4 Å². The van der Waals surface area contributed by atoms with E-state index in [4.69, 9.17) is 4.74 Å². The van der Waals surface area contributed by atoms with Crippen molar-refractivity contribution in [3.63, 3.8) is 0 Å².